The molecule has 3 N–H and O–H groups in total. The van der Waals surface area contributed by atoms with Crippen molar-refractivity contribution < 1.29 is 20.1 Å². The smallest absolute Gasteiger partial charge is 0.161 e. The van der Waals surface area contributed by atoms with E-state index >= 15 is 0 Å². The van der Waals surface area contributed by atoms with E-state index < -0.39 is 12.7 Å². The number of hydrogen-bond acceptors (Lipinski definition) is 4. The van der Waals surface area contributed by atoms with Crippen molar-refractivity contribution in [3.63, 3.8) is 0 Å². The lowest BCUT2D eigenvalue weighted by atomic mass is 9.62. The van der Waals surface area contributed by atoms with Crippen LogP contribution in [0.5, 0.6) is 0 Å². The number of hydrogen-bond donors (Lipinski definition) is 3. The molecule has 4 nitrogen and oxygen atoms in total. The standard InChI is InChI=1S/C21H30O4/c1-13-3-6-16(23)9-14(13)4-5-15-10-17(24)11-21(2)18(15)7-8-19(21)20(25)12-22/h4-5,16-19,22-24H,1,3,6-12H2,2H3/b14-4-,15-5+/t16-,17-,18-,19+,21-/m0/s1. The van der Waals surface area contributed by atoms with E-state index in [-0.39, 0.29) is 29.1 Å². The van der Waals surface area contributed by atoms with Crippen molar-refractivity contribution in [3.05, 3.63) is 35.5 Å². The van der Waals surface area contributed by atoms with Crippen LogP contribution in [-0.4, -0.2) is 39.9 Å². The number of Topliss-reactive ketones (excluding diaryl/α,β-unsaturated/α-hetero) is 1. The summed E-state index contributed by atoms with van der Waals surface area (Å²) in [6, 6.07) is 0. The van der Waals surface area contributed by atoms with Crippen LogP contribution < -0.4 is 0 Å². The molecule has 3 aliphatic rings. The summed E-state index contributed by atoms with van der Waals surface area (Å²) in [4.78, 5) is 12.2. The summed E-state index contributed by atoms with van der Waals surface area (Å²) >= 11 is 0. The average molecular weight is 346 g/mol. The minimum atomic E-state index is -0.446. The maximum atomic E-state index is 12.2. The van der Waals surface area contributed by atoms with Gasteiger partial charge in [-0.2, -0.15) is 0 Å². The fourth-order valence-electron chi connectivity index (χ4n) is 5.34. The topological polar surface area (TPSA) is 77.8 Å². The zero-order valence-corrected chi connectivity index (χ0v) is 15.1. The van der Waals surface area contributed by atoms with Crippen molar-refractivity contribution in [2.24, 2.45) is 17.3 Å². The highest BCUT2D eigenvalue weighted by Crippen LogP contribution is 2.57. The van der Waals surface area contributed by atoms with Gasteiger partial charge in [-0.05, 0) is 61.9 Å². The molecule has 3 rings (SSSR count). The Bertz CT molecular complexity index is 617. The van der Waals surface area contributed by atoms with Crippen LogP contribution in [0.15, 0.2) is 35.5 Å². The lowest BCUT2D eigenvalue weighted by molar-refractivity contribution is -0.130. The number of ketones is 1. The molecule has 3 fully saturated rings. The molecule has 138 valence electrons. The average Bonchev–Trinajstić information content (AvgIpc) is 2.91. The van der Waals surface area contributed by atoms with Gasteiger partial charge in [0.15, 0.2) is 5.78 Å². The molecule has 25 heavy (non-hydrogen) atoms. The van der Waals surface area contributed by atoms with E-state index in [9.17, 15) is 20.1 Å². The molecular weight excluding hydrogens is 316 g/mol. The number of aliphatic hydroxyl groups is 3. The zero-order chi connectivity index (χ0) is 18.2. The third-order valence-electron chi connectivity index (χ3n) is 6.66. The van der Waals surface area contributed by atoms with Gasteiger partial charge in [-0.3, -0.25) is 4.79 Å². The van der Waals surface area contributed by atoms with Crippen LogP contribution >= 0.6 is 0 Å². The first-order valence-electron chi connectivity index (χ1n) is 9.42. The first-order chi connectivity index (χ1) is 11.8. The second-order valence-corrected chi connectivity index (χ2v) is 8.31. The quantitative estimate of drug-likeness (QED) is 0.734. The van der Waals surface area contributed by atoms with Crippen molar-refractivity contribution >= 4 is 5.78 Å². The van der Waals surface area contributed by atoms with Crippen molar-refractivity contribution in [3.8, 4) is 0 Å². The number of carbonyl (C=O) groups excluding carboxylic acids is 1. The number of aliphatic hydroxyl groups excluding tert-OH is 3. The maximum Gasteiger partial charge on any atom is 0.161 e. The van der Waals surface area contributed by atoms with Crippen molar-refractivity contribution in [2.75, 3.05) is 6.61 Å². The van der Waals surface area contributed by atoms with Crippen LogP contribution in [0.25, 0.3) is 0 Å². The highest BCUT2D eigenvalue weighted by atomic mass is 16.3. The van der Waals surface area contributed by atoms with E-state index in [0.717, 1.165) is 36.8 Å². The van der Waals surface area contributed by atoms with E-state index in [2.05, 4.69) is 25.7 Å². The van der Waals surface area contributed by atoms with Crippen LogP contribution in [0.4, 0.5) is 0 Å². The summed E-state index contributed by atoms with van der Waals surface area (Å²) in [5.41, 5.74) is 3.09. The van der Waals surface area contributed by atoms with Gasteiger partial charge in [0.2, 0.25) is 0 Å². The van der Waals surface area contributed by atoms with Gasteiger partial charge in [0.1, 0.15) is 6.61 Å². The predicted octanol–water partition coefficient (Wildman–Crippen LogP) is 2.69. The third kappa shape index (κ3) is 3.53. The molecule has 4 heteroatoms. The SMILES string of the molecule is C=C1CC[C@H](O)C/C1=C/C=C1\C[C@H](O)C[C@]2(C)[C@@H](C(=O)CO)CC[C@@H]12. The van der Waals surface area contributed by atoms with Gasteiger partial charge >= 0.3 is 0 Å². The van der Waals surface area contributed by atoms with Gasteiger partial charge < -0.3 is 15.3 Å². The summed E-state index contributed by atoms with van der Waals surface area (Å²) in [6.45, 7) is 5.78. The van der Waals surface area contributed by atoms with Gasteiger partial charge in [0.05, 0.1) is 12.2 Å². The number of rotatable bonds is 3. The molecular formula is C21H30O4. The van der Waals surface area contributed by atoms with Crippen molar-refractivity contribution in [1.82, 2.24) is 0 Å². The molecule has 5 atom stereocenters. The summed E-state index contributed by atoms with van der Waals surface area (Å²) in [7, 11) is 0. The fourth-order valence-corrected chi connectivity index (χ4v) is 5.34. The lowest BCUT2D eigenvalue weighted by Gasteiger charge is -2.43. The Morgan fingerprint density at radius 1 is 1.20 bits per heavy atom. The summed E-state index contributed by atoms with van der Waals surface area (Å²) in [5, 5.41) is 29.6. The zero-order valence-electron chi connectivity index (χ0n) is 15.1. The van der Waals surface area contributed by atoms with E-state index in [4.69, 9.17) is 0 Å². The monoisotopic (exact) mass is 346 g/mol. The summed E-state index contributed by atoms with van der Waals surface area (Å²) < 4.78 is 0. The molecule has 0 aromatic heterocycles. The molecule has 3 aliphatic carbocycles. The molecule has 0 amide bonds. The van der Waals surface area contributed by atoms with Gasteiger partial charge in [-0.15, -0.1) is 0 Å². The molecule has 0 bridgehead atoms. The van der Waals surface area contributed by atoms with E-state index in [1.807, 2.05) is 0 Å². The van der Waals surface area contributed by atoms with Crippen LogP contribution in [0.2, 0.25) is 0 Å². The molecule has 0 aromatic rings. The van der Waals surface area contributed by atoms with Gasteiger partial charge in [0.25, 0.3) is 0 Å². The van der Waals surface area contributed by atoms with Gasteiger partial charge in [-0.25, -0.2) is 0 Å². The minimum absolute atomic E-state index is 0.0967. The highest BCUT2D eigenvalue weighted by Gasteiger charge is 2.53. The van der Waals surface area contributed by atoms with Gasteiger partial charge in [0, 0.05) is 5.92 Å². The Balaban J connectivity index is 1.87. The second-order valence-electron chi connectivity index (χ2n) is 8.31. The van der Waals surface area contributed by atoms with Crippen LogP contribution in [-0.2, 0) is 4.79 Å². The molecule has 0 spiro atoms. The van der Waals surface area contributed by atoms with Crippen LogP contribution in [0.3, 0.4) is 0 Å². The van der Waals surface area contributed by atoms with Gasteiger partial charge in [-0.1, -0.05) is 36.8 Å². The molecule has 0 saturated heterocycles. The first kappa shape index (κ1) is 18.6. The van der Waals surface area contributed by atoms with E-state index in [1.54, 1.807) is 0 Å². The lowest BCUT2D eigenvalue weighted by Crippen LogP contribution is -2.42. The Morgan fingerprint density at radius 2 is 1.96 bits per heavy atom. The first-order valence-corrected chi connectivity index (χ1v) is 9.42. The Kier molecular flexibility index (Phi) is 5.33. The fraction of sp³-hybridized carbons (Fsp3) is 0.667. The number of fused-ring (bicyclic) bond motifs is 1. The van der Waals surface area contributed by atoms with Crippen molar-refractivity contribution in [1.29, 1.82) is 0 Å². The molecule has 0 radical (unpaired) electrons. The predicted molar refractivity (Wildman–Crippen MR) is 96.8 cm³/mol. The van der Waals surface area contributed by atoms with E-state index in [1.165, 1.54) is 5.57 Å². The second kappa shape index (κ2) is 7.18. The Hall–Kier alpha value is -1.23. The normalized spacial score (nSPS) is 42.0. The molecule has 0 heterocycles. The highest BCUT2D eigenvalue weighted by molar-refractivity contribution is 5.83. The molecule has 0 aliphatic heterocycles. The summed E-state index contributed by atoms with van der Waals surface area (Å²) in [6.07, 6.45) is 8.61. The number of allylic oxidation sites excluding steroid dienone is 3. The maximum absolute atomic E-state index is 12.2. The summed E-state index contributed by atoms with van der Waals surface area (Å²) in [5.74, 6) is 0.00980. The Morgan fingerprint density at radius 3 is 2.68 bits per heavy atom. The molecule has 0 unspecified atom stereocenters. The van der Waals surface area contributed by atoms with Crippen LogP contribution in [0.1, 0.15) is 51.9 Å². The number of carbonyl (C=O) groups is 1. The largest absolute Gasteiger partial charge is 0.393 e. The van der Waals surface area contributed by atoms with Crippen molar-refractivity contribution in [2.45, 2.75) is 64.1 Å². The van der Waals surface area contributed by atoms with Crippen LogP contribution in [0, 0.1) is 17.3 Å². The third-order valence-corrected chi connectivity index (χ3v) is 6.66. The minimum Gasteiger partial charge on any atom is -0.393 e. The molecule has 0 aromatic carbocycles. The Labute approximate surface area is 149 Å². The van der Waals surface area contributed by atoms with E-state index in [0.29, 0.717) is 19.3 Å². The molecule has 3 saturated carbocycles.